The second-order valence-corrected chi connectivity index (χ2v) is 4.93. The summed E-state index contributed by atoms with van der Waals surface area (Å²) in [7, 11) is 1.86. The molecule has 3 aromatic rings. The van der Waals surface area contributed by atoms with Gasteiger partial charge in [-0.1, -0.05) is 22.9 Å². The zero-order valence-electron chi connectivity index (χ0n) is 12.1. The van der Waals surface area contributed by atoms with Crippen molar-refractivity contribution in [3.63, 3.8) is 0 Å². The smallest absolute Gasteiger partial charge is 0.228 e. The van der Waals surface area contributed by atoms with E-state index in [0.717, 1.165) is 17.9 Å². The van der Waals surface area contributed by atoms with Crippen LogP contribution in [0.4, 0.5) is 5.69 Å². The molecule has 0 saturated carbocycles. The van der Waals surface area contributed by atoms with Crippen LogP contribution in [0.15, 0.2) is 41.1 Å². The standard InChI is InChI=1S/C15H17N5O/c1-11-3-5-12(6-4-11)16-9-7-14-17-15(19-21-14)13-8-10-20(2)18-13/h3-6,8,10,16H,7,9H2,1-2H3. The summed E-state index contributed by atoms with van der Waals surface area (Å²) < 4.78 is 6.95. The fourth-order valence-corrected chi connectivity index (χ4v) is 1.98. The lowest BCUT2D eigenvalue weighted by Crippen LogP contribution is -2.04. The van der Waals surface area contributed by atoms with Crippen molar-refractivity contribution >= 4 is 5.69 Å². The van der Waals surface area contributed by atoms with Crippen molar-refractivity contribution in [3.8, 4) is 11.5 Å². The molecule has 21 heavy (non-hydrogen) atoms. The van der Waals surface area contributed by atoms with Crippen molar-refractivity contribution in [1.29, 1.82) is 0 Å². The summed E-state index contributed by atoms with van der Waals surface area (Å²) in [5, 5.41) is 11.5. The fourth-order valence-electron chi connectivity index (χ4n) is 1.98. The quantitative estimate of drug-likeness (QED) is 0.779. The Bertz CT molecular complexity index is 714. The van der Waals surface area contributed by atoms with Crippen LogP contribution in [-0.4, -0.2) is 26.5 Å². The summed E-state index contributed by atoms with van der Waals surface area (Å²) in [5.74, 6) is 1.14. The van der Waals surface area contributed by atoms with Crippen LogP contribution in [0.2, 0.25) is 0 Å². The molecule has 1 N–H and O–H groups in total. The molecule has 108 valence electrons. The Balaban J connectivity index is 1.56. The third kappa shape index (κ3) is 3.28. The lowest BCUT2D eigenvalue weighted by Gasteiger charge is -2.04. The van der Waals surface area contributed by atoms with E-state index in [4.69, 9.17) is 4.52 Å². The van der Waals surface area contributed by atoms with E-state index in [1.54, 1.807) is 4.68 Å². The molecule has 0 radical (unpaired) electrons. The summed E-state index contributed by atoms with van der Waals surface area (Å²) in [6.07, 6.45) is 2.53. The first-order valence-electron chi connectivity index (χ1n) is 6.84. The maximum Gasteiger partial charge on any atom is 0.228 e. The SMILES string of the molecule is Cc1ccc(NCCc2nc(-c3ccn(C)n3)no2)cc1. The van der Waals surface area contributed by atoms with E-state index >= 15 is 0 Å². The van der Waals surface area contributed by atoms with Crippen molar-refractivity contribution in [2.75, 3.05) is 11.9 Å². The Labute approximate surface area is 122 Å². The van der Waals surface area contributed by atoms with Gasteiger partial charge in [0.25, 0.3) is 0 Å². The third-order valence-electron chi connectivity index (χ3n) is 3.13. The molecule has 0 amide bonds. The van der Waals surface area contributed by atoms with E-state index in [-0.39, 0.29) is 0 Å². The molecule has 0 unspecified atom stereocenters. The van der Waals surface area contributed by atoms with E-state index in [0.29, 0.717) is 18.1 Å². The van der Waals surface area contributed by atoms with E-state index in [1.807, 2.05) is 19.3 Å². The van der Waals surface area contributed by atoms with Gasteiger partial charge in [-0.3, -0.25) is 4.68 Å². The number of hydrogen-bond donors (Lipinski definition) is 1. The summed E-state index contributed by atoms with van der Waals surface area (Å²) in [5.41, 5.74) is 3.06. The lowest BCUT2D eigenvalue weighted by molar-refractivity contribution is 0.381. The summed E-state index contributed by atoms with van der Waals surface area (Å²) >= 11 is 0. The highest BCUT2D eigenvalue weighted by molar-refractivity contribution is 5.47. The van der Waals surface area contributed by atoms with Crippen LogP contribution < -0.4 is 5.32 Å². The third-order valence-corrected chi connectivity index (χ3v) is 3.13. The van der Waals surface area contributed by atoms with Gasteiger partial charge in [-0.25, -0.2) is 0 Å². The number of rotatable bonds is 5. The number of aromatic nitrogens is 4. The van der Waals surface area contributed by atoms with Gasteiger partial charge in [-0.15, -0.1) is 0 Å². The summed E-state index contributed by atoms with van der Waals surface area (Å²) in [6, 6.07) is 10.1. The van der Waals surface area contributed by atoms with E-state index in [2.05, 4.69) is 51.7 Å². The Morgan fingerprint density at radius 3 is 2.71 bits per heavy atom. The summed E-state index contributed by atoms with van der Waals surface area (Å²) in [6.45, 7) is 2.81. The molecular weight excluding hydrogens is 266 g/mol. The molecule has 0 atom stereocenters. The first-order valence-corrected chi connectivity index (χ1v) is 6.84. The molecule has 0 fully saturated rings. The molecule has 0 saturated heterocycles. The number of aryl methyl sites for hydroxylation is 2. The number of hydrogen-bond acceptors (Lipinski definition) is 5. The predicted molar refractivity (Wildman–Crippen MR) is 79.9 cm³/mol. The Hall–Kier alpha value is -2.63. The minimum atomic E-state index is 0.529. The molecule has 3 rings (SSSR count). The highest BCUT2D eigenvalue weighted by Crippen LogP contribution is 2.13. The molecule has 2 heterocycles. The van der Waals surface area contributed by atoms with Crippen LogP contribution >= 0.6 is 0 Å². The van der Waals surface area contributed by atoms with Gasteiger partial charge in [0, 0.05) is 31.9 Å². The molecule has 6 nitrogen and oxygen atoms in total. The average Bonchev–Trinajstić information content (AvgIpc) is 3.10. The van der Waals surface area contributed by atoms with Gasteiger partial charge in [0.2, 0.25) is 11.7 Å². The van der Waals surface area contributed by atoms with Crippen molar-refractivity contribution in [1.82, 2.24) is 19.9 Å². The van der Waals surface area contributed by atoms with E-state index in [9.17, 15) is 0 Å². The molecular formula is C15H17N5O. The Morgan fingerprint density at radius 1 is 1.19 bits per heavy atom. The first-order chi connectivity index (χ1) is 10.2. The van der Waals surface area contributed by atoms with Gasteiger partial charge in [0.05, 0.1) is 0 Å². The molecule has 0 aliphatic heterocycles. The molecule has 6 heteroatoms. The molecule has 0 aliphatic rings. The predicted octanol–water partition coefficient (Wildman–Crippen LogP) is 2.43. The van der Waals surface area contributed by atoms with Gasteiger partial charge < -0.3 is 9.84 Å². The monoisotopic (exact) mass is 283 g/mol. The van der Waals surface area contributed by atoms with Crippen LogP contribution in [0.1, 0.15) is 11.5 Å². The van der Waals surface area contributed by atoms with Gasteiger partial charge in [-0.2, -0.15) is 10.1 Å². The molecule has 0 spiro atoms. The normalized spacial score (nSPS) is 10.8. The average molecular weight is 283 g/mol. The number of nitrogens with one attached hydrogen (secondary N) is 1. The number of anilines is 1. The van der Waals surface area contributed by atoms with Crippen molar-refractivity contribution in [2.24, 2.45) is 7.05 Å². The van der Waals surface area contributed by atoms with Crippen LogP contribution in [0, 0.1) is 6.92 Å². The van der Waals surface area contributed by atoms with Crippen LogP contribution in [-0.2, 0) is 13.5 Å². The van der Waals surface area contributed by atoms with Gasteiger partial charge in [-0.05, 0) is 25.1 Å². The van der Waals surface area contributed by atoms with Gasteiger partial charge in [0.15, 0.2) is 0 Å². The molecule has 0 bridgehead atoms. The van der Waals surface area contributed by atoms with Gasteiger partial charge in [0.1, 0.15) is 5.69 Å². The topological polar surface area (TPSA) is 68.8 Å². The highest BCUT2D eigenvalue weighted by Gasteiger charge is 2.10. The maximum absolute atomic E-state index is 5.24. The maximum atomic E-state index is 5.24. The number of nitrogens with zero attached hydrogens (tertiary/aromatic N) is 4. The zero-order chi connectivity index (χ0) is 14.7. The Kier molecular flexibility index (Phi) is 3.68. The van der Waals surface area contributed by atoms with Crippen LogP contribution in [0.3, 0.4) is 0 Å². The Morgan fingerprint density at radius 2 is 2.00 bits per heavy atom. The molecule has 0 aliphatic carbocycles. The van der Waals surface area contributed by atoms with Gasteiger partial charge >= 0.3 is 0 Å². The lowest BCUT2D eigenvalue weighted by atomic mass is 10.2. The second-order valence-electron chi connectivity index (χ2n) is 4.93. The first kappa shape index (κ1) is 13.4. The van der Waals surface area contributed by atoms with Crippen molar-refractivity contribution in [2.45, 2.75) is 13.3 Å². The van der Waals surface area contributed by atoms with Crippen LogP contribution in [0.5, 0.6) is 0 Å². The fraction of sp³-hybridized carbons (Fsp3) is 0.267. The molecule has 2 aromatic heterocycles. The zero-order valence-corrected chi connectivity index (χ0v) is 12.1. The van der Waals surface area contributed by atoms with Crippen LogP contribution in [0.25, 0.3) is 11.5 Å². The van der Waals surface area contributed by atoms with E-state index in [1.165, 1.54) is 5.56 Å². The summed E-state index contributed by atoms with van der Waals surface area (Å²) in [4.78, 5) is 4.35. The number of benzene rings is 1. The van der Waals surface area contributed by atoms with Crippen molar-refractivity contribution < 1.29 is 4.52 Å². The van der Waals surface area contributed by atoms with Crippen molar-refractivity contribution in [3.05, 3.63) is 48.0 Å². The minimum absolute atomic E-state index is 0.529. The second kappa shape index (κ2) is 5.78. The highest BCUT2D eigenvalue weighted by atomic mass is 16.5. The minimum Gasteiger partial charge on any atom is -0.385 e. The molecule has 1 aromatic carbocycles. The van der Waals surface area contributed by atoms with E-state index < -0.39 is 0 Å². The largest absolute Gasteiger partial charge is 0.385 e.